The van der Waals surface area contributed by atoms with Gasteiger partial charge in [-0.15, -0.1) is 0 Å². The first-order chi connectivity index (χ1) is 10.1. The summed E-state index contributed by atoms with van der Waals surface area (Å²) in [4.78, 5) is 0. The third kappa shape index (κ3) is 2.28. The van der Waals surface area contributed by atoms with Gasteiger partial charge in [0.05, 0.1) is 18.4 Å². The first kappa shape index (κ1) is 14.0. The van der Waals surface area contributed by atoms with Crippen molar-refractivity contribution >= 4 is 5.82 Å². The van der Waals surface area contributed by atoms with Gasteiger partial charge in [-0.3, -0.25) is 4.68 Å². The van der Waals surface area contributed by atoms with E-state index in [4.69, 9.17) is 15.6 Å². The maximum atomic E-state index is 6.32. The van der Waals surface area contributed by atoms with Crippen LogP contribution in [0.2, 0.25) is 0 Å². The summed E-state index contributed by atoms with van der Waals surface area (Å²) in [5.74, 6) is 2.72. The number of nitrogens with zero attached hydrogens (tertiary/aromatic N) is 2. The quantitative estimate of drug-likeness (QED) is 0.937. The second kappa shape index (κ2) is 5.43. The maximum Gasteiger partial charge on any atom is 0.129 e. The number of nitrogens with two attached hydrogens (primary N) is 1. The minimum absolute atomic E-state index is 0.494. The van der Waals surface area contributed by atoms with Crippen molar-refractivity contribution in [2.75, 3.05) is 12.8 Å². The maximum absolute atomic E-state index is 6.32. The summed E-state index contributed by atoms with van der Waals surface area (Å²) in [6, 6.07) is 8.04. The summed E-state index contributed by atoms with van der Waals surface area (Å²) in [7, 11) is 3.61. The van der Waals surface area contributed by atoms with Crippen molar-refractivity contribution in [2.24, 2.45) is 13.0 Å². The molecule has 0 radical (unpaired) electrons. The molecule has 0 aliphatic heterocycles. The predicted octanol–water partition coefficient (Wildman–Crippen LogP) is 3.58. The molecule has 1 aromatic carbocycles. The summed E-state index contributed by atoms with van der Waals surface area (Å²) in [5.41, 5.74) is 9.54. The van der Waals surface area contributed by atoms with E-state index in [9.17, 15) is 0 Å². The Hall–Kier alpha value is -1.97. The zero-order valence-corrected chi connectivity index (χ0v) is 13.0. The molecule has 4 nitrogen and oxygen atoms in total. The zero-order chi connectivity index (χ0) is 15.0. The molecule has 1 aliphatic rings. The second-order valence-electron chi connectivity index (χ2n) is 5.98. The van der Waals surface area contributed by atoms with Crippen LogP contribution in [-0.4, -0.2) is 16.9 Å². The molecule has 0 bridgehead atoms. The highest BCUT2D eigenvalue weighted by Crippen LogP contribution is 2.45. The van der Waals surface area contributed by atoms with Gasteiger partial charge in [-0.05, 0) is 18.4 Å². The van der Waals surface area contributed by atoms with Crippen LogP contribution in [0.1, 0.15) is 37.8 Å². The molecule has 1 heterocycles. The Bertz CT molecular complexity index is 647. The number of aryl methyl sites for hydroxylation is 1. The molecule has 1 fully saturated rings. The van der Waals surface area contributed by atoms with Crippen molar-refractivity contribution in [2.45, 2.75) is 32.1 Å². The van der Waals surface area contributed by atoms with Crippen molar-refractivity contribution in [3.05, 3.63) is 30.0 Å². The highest BCUT2D eigenvalue weighted by Gasteiger charge is 2.31. The number of rotatable bonds is 3. The van der Waals surface area contributed by atoms with Gasteiger partial charge in [0.15, 0.2) is 0 Å². The Morgan fingerprint density at radius 3 is 2.71 bits per heavy atom. The fourth-order valence-electron chi connectivity index (χ4n) is 3.50. The normalized spacial score (nSPS) is 21.7. The second-order valence-corrected chi connectivity index (χ2v) is 5.98. The van der Waals surface area contributed by atoms with E-state index in [1.807, 2.05) is 25.2 Å². The van der Waals surface area contributed by atoms with Crippen molar-refractivity contribution in [3.63, 3.8) is 0 Å². The van der Waals surface area contributed by atoms with Gasteiger partial charge in [0.1, 0.15) is 11.6 Å². The molecule has 2 aromatic rings. The Kier molecular flexibility index (Phi) is 3.62. The van der Waals surface area contributed by atoms with Gasteiger partial charge in [-0.25, -0.2) is 0 Å². The molecule has 2 atom stereocenters. The smallest absolute Gasteiger partial charge is 0.129 e. The highest BCUT2D eigenvalue weighted by molar-refractivity contribution is 5.81. The van der Waals surface area contributed by atoms with Gasteiger partial charge in [0.25, 0.3) is 0 Å². The number of hydrogen-bond donors (Lipinski definition) is 1. The van der Waals surface area contributed by atoms with Gasteiger partial charge in [-0.2, -0.15) is 5.10 Å². The molecule has 1 aromatic heterocycles. The van der Waals surface area contributed by atoms with E-state index in [2.05, 4.69) is 13.0 Å². The molecular formula is C17H23N3O. The van der Waals surface area contributed by atoms with Crippen LogP contribution in [0.3, 0.4) is 0 Å². The largest absolute Gasteiger partial charge is 0.496 e. The molecule has 0 saturated heterocycles. The van der Waals surface area contributed by atoms with Crippen LogP contribution in [0, 0.1) is 5.92 Å². The minimum atomic E-state index is 0.494. The van der Waals surface area contributed by atoms with E-state index in [-0.39, 0.29) is 0 Å². The van der Waals surface area contributed by atoms with Gasteiger partial charge >= 0.3 is 0 Å². The van der Waals surface area contributed by atoms with Gasteiger partial charge in [0.2, 0.25) is 0 Å². The lowest BCUT2D eigenvalue weighted by molar-refractivity contribution is 0.416. The fraction of sp³-hybridized carbons (Fsp3) is 0.471. The number of para-hydroxylation sites is 1. The van der Waals surface area contributed by atoms with E-state index in [0.29, 0.717) is 17.7 Å². The van der Waals surface area contributed by atoms with Crippen LogP contribution >= 0.6 is 0 Å². The third-order valence-corrected chi connectivity index (χ3v) is 4.71. The molecule has 1 aliphatic carbocycles. The predicted molar refractivity (Wildman–Crippen MR) is 85.4 cm³/mol. The molecular weight excluding hydrogens is 262 g/mol. The molecule has 21 heavy (non-hydrogen) atoms. The lowest BCUT2D eigenvalue weighted by Gasteiger charge is -2.16. The van der Waals surface area contributed by atoms with E-state index in [0.717, 1.165) is 22.6 Å². The van der Waals surface area contributed by atoms with Crippen LogP contribution in [0.15, 0.2) is 24.3 Å². The first-order valence-corrected chi connectivity index (χ1v) is 7.59. The van der Waals surface area contributed by atoms with Crippen LogP contribution in [-0.2, 0) is 7.05 Å². The van der Waals surface area contributed by atoms with Crippen LogP contribution in [0.25, 0.3) is 11.1 Å². The van der Waals surface area contributed by atoms with Crippen molar-refractivity contribution in [1.29, 1.82) is 0 Å². The number of ether oxygens (including phenoxy) is 1. The third-order valence-electron chi connectivity index (χ3n) is 4.71. The number of anilines is 1. The van der Waals surface area contributed by atoms with Crippen LogP contribution in [0.5, 0.6) is 5.75 Å². The summed E-state index contributed by atoms with van der Waals surface area (Å²) in [5, 5.41) is 4.73. The van der Waals surface area contributed by atoms with E-state index in [1.54, 1.807) is 11.8 Å². The standard InChI is InChI=1S/C17H23N3O/c1-11-7-6-9-12(11)16-15(17(18)20(2)19-16)13-8-4-5-10-14(13)21-3/h4-5,8,10-12H,6-7,9,18H2,1-3H3. The molecule has 0 spiro atoms. The lowest BCUT2D eigenvalue weighted by Crippen LogP contribution is -2.05. The highest BCUT2D eigenvalue weighted by atomic mass is 16.5. The summed E-state index contributed by atoms with van der Waals surface area (Å²) in [6.45, 7) is 2.31. The Morgan fingerprint density at radius 1 is 1.29 bits per heavy atom. The minimum Gasteiger partial charge on any atom is -0.496 e. The van der Waals surface area contributed by atoms with Crippen molar-refractivity contribution in [3.8, 4) is 16.9 Å². The van der Waals surface area contributed by atoms with Gasteiger partial charge in [-0.1, -0.05) is 38.0 Å². The molecule has 1 saturated carbocycles. The Labute approximate surface area is 125 Å². The Morgan fingerprint density at radius 2 is 2.05 bits per heavy atom. The zero-order valence-electron chi connectivity index (χ0n) is 13.0. The van der Waals surface area contributed by atoms with E-state index in [1.165, 1.54) is 19.3 Å². The van der Waals surface area contributed by atoms with Crippen LogP contribution in [0.4, 0.5) is 5.82 Å². The Balaban J connectivity index is 2.17. The fourth-order valence-corrected chi connectivity index (χ4v) is 3.50. The van der Waals surface area contributed by atoms with E-state index >= 15 is 0 Å². The van der Waals surface area contributed by atoms with Crippen molar-refractivity contribution in [1.82, 2.24) is 9.78 Å². The summed E-state index contributed by atoms with van der Waals surface area (Å²) < 4.78 is 7.31. The number of nitrogen functional groups attached to an aromatic ring is 1. The number of hydrogen-bond acceptors (Lipinski definition) is 3. The summed E-state index contributed by atoms with van der Waals surface area (Å²) in [6.07, 6.45) is 3.74. The molecule has 3 rings (SSSR count). The molecule has 2 unspecified atom stereocenters. The lowest BCUT2D eigenvalue weighted by atomic mass is 9.89. The van der Waals surface area contributed by atoms with E-state index < -0.39 is 0 Å². The van der Waals surface area contributed by atoms with Gasteiger partial charge < -0.3 is 10.5 Å². The topological polar surface area (TPSA) is 53.1 Å². The molecule has 112 valence electrons. The first-order valence-electron chi connectivity index (χ1n) is 7.59. The van der Waals surface area contributed by atoms with Gasteiger partial charge in [0, 0.05) is 18.5 Å². The van der Waals surface area contributed by atoms with Crippen molar-refractivity contribution < 1.29 is 4.74 Å². The van der Waals surface area contributed by atoms with Crippen LogP contribution < -0.4 is 10.5 Å². The molecule has 0 amide bonds. The monoisotopic (exact) mass is 285 g/mol. The number of benzene rings is 1. The average Bonchev–Trinajstić information content (AvgIpc) is 3.03. The molecule has 4 heteroatoms. The average molecular weight is 285 g/mol. The summed E-state index contributed by atoms with van der Waals surface area (Å²) >= 11 is 0. The SMILES string of the molecule is COc1ccccc1-c1c(C2CCCC2C)nn(C)c1N. The number of aromatic nitrogens is 2. The molecule has 2 N–H and O–H groups in total. The number of methoxy groups -OCH3 is 1.